The molecule has 0 bridgehead atoms. The monoisotopic (exact) mass is 289 g/mol. The second-order valence-electron chi connectivity index (χ2n) is 4.87. The Morgan fingerprint density at radius 3 is 2.60 bits per heavy atom. The fourth-order valence-corrected chi connectivity index (χ4v) is 2.48. The van der Waals surface area contributed by atoms with E-state index in [0.717, 1.165) is 30.6 Å². The quantitative estimate of drug-likeness (QED) is 0.857. The summed E-state index contributed by atoms with van der Waals surface area (Å²) in [6.07, 6.45) is 3.02. The molecule has 2 rings (SSSR count). The van der Waals surface area contributed by atoms with E-state index in [0.29, 0.717) is 5.02 Å². The highest BCUT2D eigenvalue weighted by molar-refractivity contribution is 6.30. The van der Waals surface area contributed by atoms with Crippen molar-refractivity contribution in [2.24, 2.45) is 5.73 Å². The van der Waals surface area contributed by atoms with Crippen molar-refractivity contribution in [1.29, 1.82) is 0 Å². The third-order valence-corrected chi connectivity index (χ3v) is 3.65. The van der Waals surface area contributed by atoms with Crippen molar-refractivity contribution < 1.29 is 4.74 Å². The number of hydrogen-bond acceptors (Lipinski definition) is 2. The summed E-state index contributed by atoms with van der Waals surface area (Å²) >= 11 is 5.96. The smallest absolute Gasteiger partial charge is 0.125 e. The summed E-state index contributed by atoms with van der Waals surface area (Å²) in [5.41, 5.74) is 8.63. The highest BCUT2D eigenvalue weighted by Gasteiger charge is 2.12. The van der Waals surface area contributed by atoms with Crippen LogP contribution in [0.25, 0.3) is 0 Å². The van der Waals surface area contributed by atoms with E-state index in [-0.39, 0.29) is 6.04 Å². The molecule has 1 atom stereocenters. The molecule has 0 radical (unpaired) electrons. The second kappa shape index (κ2) is 7.32. The van der Waals surface area contributed by atoms with Gasteiger partial charge >= 0.3 is 0 Å². The molecule has 0 aliphatic carbocycles. The Kier molecular flexibility index (Phi) is 5.45. The number of ether oxygens (including phenoxy) is 1. The van der Waals surface area contributed by atoms with Crippen LogP contribution in [0.5, 0.6) is 5.75 Å². The molecule has 2 aromatic rings. The van der Waals surface area contributed by atoms with Crippen molar-refractivity contribution in [3.8, 4) is 5.75 Å². The van der Waals surface area contributed by atoms with Crippen molar-refractivity contribution in [1.82, 2.24) is 0 Å². The number of benzene rings is 2. The minimum absolute atomic E-state index is 0.0223. The lowest BCUT2D eigenvalue weighted by Crippen LogP contribution is -2.12. The molecule has 1 unspecified atom stereocenters. The molecule has 0 fully saturated rings. The molecule has 2 N–H and O–H groups in total. The van der Waals surface area contributed by atoms with Crippen molar-refractivity contribution in [2.45, 2.75) is 25.3 Å². The zero-order valence-corrected chi connectivity index (χ0v) is 12.4. The Labute approximate surface area is 125 Å². The molecule has 0 saturated heterocycles. The van der Waals surface area contributed by atoms with Crippen molar-refractivity contribution >= 4 is 11.6 Å². The van der Waals surface area contributed by atoms with Gasteiger partial charge in [-0.3, -0.25) is 0 Å². The Hall–Kier alpha value is -1.51. The number of rotatable bonds is 6. The van der Waals surface area contributed by atoms with E-state index < -0.39 is 0 Å². The van der Waals surface area contributed by atoms with Gasteiger partial charge in [-0.2, -0.15) is 0 Å². The van der Waals surface area contributed by atoms with Gasteiger partial charge in [0.2, 0.25) is 0 Å². The molecule has 3 heteroatoms. The van der Waals surface area contributed by atoms with Crippen LogP contribution in [0.1, 0.15) is 30.0 Å². The molecule has 0 heterocycles. The van der Waals surface area contributed by atoms with Crippen LogP contribution in [0.3, 0.4) is 0 Å². The lowest BCUT2D eigenvalue weighted by atomic mass is 9.99. The van der Waals surface area contributed by atoms with E-state index >= 15 is 0 Å². The van der Waals surface area contributed by atoms with E-state index in [4.69, 9.17) is 22.1 Å². The van der Waals surface area contributed by atoms with Gasteiger partial charge in [0.25, 0.3) is 0 Å². The SMILES string of the molecule is COc1cc(Cl)ccc1C(N)CCCc1ccccc1. The van der Waals surface area contributed by atoms with Crippen LogP contribution in [0.15, 0.2) is 48.5 Å². The van der Waals surface area contributed by atoms with Crippen LogP contribution in [0.2, 0.25) is 5.02 Å². The van der Waals surface area contributed by atoms with Gasteiger partial charge in [0.1, 0.15) is 5.75 Å². The van der Waals surface area contributed by atoms with Gasteiger partial charge in [-0.1, -0.05) is 48.0 Å². The summed E-state index contributed by atoms with van der Waals surface area (Å²) < 4.78 is 5.35. The van der Waals surface area contributed by atoms with Gasteiger partial charge in [0.15, 0.2) is 0 Å². The molecule has 0 spiro atoms. The highest BCUT2D eigenvalue weighted by atomic mass is 35.5. The molecule has 2 nitrogen and oxygen atoms in total. The lowest BCUT2D eigenvalue weighted by Gasteiger charge is -2.16. The first-order valence-corrected chi connectivity index (χ1v) is 7.21. The summed E-state index contributed by atoms with van der Waals surface area (Å²) in [6.45, 7) is 0. The Balaban J connectivity index is 1.93. The third kappa shape index (κ3) is 3.99. The van der Waals surface area contributed by atoms with Gasteiger partial charge in [-0.15, -0.1) is 0 Å². The predicted molar refractivity (Wildman–Crippen MR) is 84.3 cm³/mol. The zero-order valence-electron chi connectivity index (χ0n) is 11.7. The van der Waals surface area contributed by atoms with Crippen LogP contribution in [-0.2, 0) is 6.42 Å². The standard InChI is InChI=1S/C17H20ClNO/c1-20-17-12-14(18)10-11-15(17)16(19)9-5-8-13-6-3-2-4-7-13/h2-4,6-7,10-12,16H,5,8-9,19H2,1H3. The van der Waals surface area contributed by atoms with Gasteiger partial charge < -0.3 is 10.5 Å². The predicted octanol–water partition coefficient (Wildman–Crippen LogP) is 4.37. The molecular formula is C17H20ClNO. The van der Waals surface area contributed by atoms with Crippen LogP contribution < -0.4 is 10.5 Å². The average Bonchev–Trinajstić information content (AvgIpc) is 2.48. The van der Waals surface area contributed by atoms with Gasteiger partial charge in [-0.05, 0) is 37.0 Å². The molecule has 2 aromatic carbocycles. The summed E-state index contributed by atoms with van der Waals surface area (Å²) in [5, 5.41) is 0.669. The molecule has 0 amide bonds. The molecule has 0 saturated carbocycles. The van der Waals surface area contributed by atoms with E-state index in [1.807, 2.05) is 24.3 Å². The molecule has 0 aliphatic rings. The molecule has 106 valence electrons. The van der Waals surface area contributed by atoms with Crippen LogP contribution in [0, 0.1) is 0 Å². The Morgan fingerprint density at radius 2 is 1.90 bits per heavy atom. The topological polar surface area (TPSA) is 35.2 Å². The fourth-order valence-electron chi connectivity index (χ4n) is 2.32. The van der Waals surface area contributed by atoms with Crippen LogP contribution >= 0.6 is 11.6 Å². The molecule has 0 aromatic heterocycles. The second-order valence-corrected chi connectivity index (χ2v) is 5.31. The molecule has 20 heavy (non-hydrogen) atoms. The summed E-state index contributed by atoms with van der Waals surface area (Å²) in [7, 11) is 1.64. The first kappa shape index (κ1) is 14.9. The maximum absolute atomic E-state index is 6.26. The number of aryl methyl sites for hydroxylation is 1. The van der Waals surface area contributed by atoms with E-state index in [9.17, 15) is 0 Å². The average molecular weight is 290 g/mol. The number of hydrogen-bond donors (Lipinski definition) is 1. The minimum atomic E-state index is -0.0223. The Morgan fingerprint density at radius 1 is 1.15 bits per heavy atom. The summed E-state index contributed by atoms with van der Waals surface area (Å²) in [6, 6.07) is 16.1. The van der Waals surface area contributed by atoms with E-state index in [1.54, 1.807) is 7.11 Å². The number of nitrogens with two attached hydrogens (primary N) is 1. The number of methoxy groups -OCH3 is 1. The van der Waals surface area contributed by atoms with E-state index in [1.165, 1.54) is 5.56 Å². The number of halogens is 1. The van der Waals surface area contributed by atoms with Crippen molar-refractivity contribution in [2.75, 3.05) is 7.11 Å². The van der Waals surface area contributed by atoms with Crippen LogP contribution in [-0.4, -0.2) is 7.11 Å². The van der Waals surface area contributed by atoms with E-state index in [2.05, 4.69) is 24.3 Å². The Bertz CT molecular complexity index is 542. The zero-order chi connectivity index (χ0) is 14.4. The third-order valence-electron chi connectivity index (χ3n) is 3.42. The first-order valence-electron chi connectivity index (χ1n) is 6.83. The maximum Gasteiger partial charge on any atom is 0.125 e. The summed E-state index contributed by atoms with van der Waals surface area (Å²) in [5.74, 6) is 0.768. The molecular weight excluding hydrogens is 270 g/mol. The lowest BCUT2D eigenvalue weighted by molar-refractivity contribution is 0.403. The summed E-state index contributed by atoms with van der Waals surface area (Å²) in [4.78, 5) is 0. The van der Waals surface area contributed by atoms with Gasteiger partial charge in [0.05, 0.1) is 7.11 Å². The minimum Gasteiger partial charge on any atom is -0.496 e. The highest BCUT2D eigenvalue weighted by Crippen LogP contribution is 2.29. The molecule has 0 aliphatic heterocycles. The van der Waals surface area contributed by atoms with Crippen LogP contribution in [0.4, 0.5) is 0 Å². The van der Waals surface area contributed by atoms with Crippen molar-refractivity contribution in [3.05, 3.63) is 64.7 Å². The van der Waals surface area contributed by atoms with Crippen molar-refractivity contribution in [3.63, 3.8) is 0 Å². The van der Waals surface area contributed by atoms with Gasteiger partial charge in [0, 0.05) is 16.6 Å². The maximum atomic E-state index is 6.26. The van der Waals surface area contributed by atoms with Gasteiger partial charge in [-0.25, -0.2) is 0 Å². The largest absolute Gasteiger partial charge is 0.496 e. The first-order chi connectivity index (χ1) is 9.70. The fraction of sp³-hybridized carbons (Fsp3) is 0.294. The normalized spacial score (nSPS) is 12.2.